The van der Waals surface area contributed by atoms with Crippen molar-refractivity contribution in [3.8, 4) is 45.5 Å². The molecule has 4 aromatic carbocycles. The van der Waals surface area contributed by atoms with Crippen molar-refractivity contribution >= 4 is 91.9 Å². The highest BCUT2D eigenvalue weighted by atomic mass is 35.5. The molecule has 0 saturated heterocycles. The molecule has 0 radical (unpaired) electrons. The van der Waals surface area contributed by atoms with Crippen LogP contribution in [0.1, 0.15) is 17.5 Å². The quantitative estimate of drug-likeness (QED) is 0.0873. The van der Waals surface area contributed by atoms with Crippen molar-refractivity contribution in [3.63, 3.8) is 0 Å². The Balaban J connectivity index is 0.000000190. The van der Waals surface area contributed by atoms with Gasteiger partial charge in [0.1, 0.15) is 45.4 Å². The van der Waals surface area contributed by atoms with Crippen LogP contribution in [0.4, 0.5) is 0 Å². The van der Waals surface area contributed by atoms with E-state index in [0.717, 1.165) is 35.6 Å². The number of hydrogen-bond acceptors (Lipinski definition) is 11. The first-order chi connectivity index (χ1) is 29.8. The van der Waals surface area contributed by atoms with E-state index in [0.29, 0.717) is 85.4 Å². The molecule has 320 valence electrons. The predicted molar refractivity (Wildman–Crippen MR) is 246 cm³/mol. The third-order valence-corrected chi connectivity index (χ3v) is 11.0. The molecule has 0 atom stereocenters. The van der Waals surface area contributed by atoms with Crippen LogP contribution in [0.25, 0.3) is 44.8 Å². The number of ether oxygens (including phenoxy) is 3. The zero-order valence-electron chi connectivity index (χ0n) is 33.6. The fraction of sp³-hybridized carbons (Fsp3) is 0.209. The van der Waals surface area contributed by atoms with E-state index in [1.807, 2.05) is 71.8 Å². The fourth-order valence-corrected chi connectivity index (χ4v) is 7.73. The van der Waals surface area contributed by atoms with Crippen LogP contribution in [0.3, 0.4) is 0 Å². The summed E-state index contributed by atoms with van der Waals surface area (Å²) >= 11 is 37.6. The summed E-state index contributed by atoms with van der Waals surface area (Å²) in [5, 5.41) is 11.4. The molecule has 0 unspecified atom stereocenters. The van der Waals surface area contributed by atoms with E-state index in [1.54, 1.807) is 39.0 Å². The molecule has 0 aliphatic carbocycles. The summed E-state index contributed by atoms with van der Waals surface area (Å²) in [5.41, 5.74) is 6.38. The summed E-state index contributed by atoms with van der Waals surface area (Å²) in [4.78, 5) is 28.6. The minimum Gasteiger partial charge on any atom is -0.506 e. The number of imidazole rings is 2. The van der Waals surface area contributed by atoms with E-state index in [9.17, 15) is 5.11 Å². The number of aromatic nitrogens is 8. The van der Waals surface area contributed by atoms with Crippen LogP contribution in [-0.2, 0) is 13.1 Å². The average Bonchev–Trinajstić information content (AvgIpc) is 3.85. The van der Waals surface area contributed by atoms with Gasteiger partial charge in [0.05, 0.1) is 66.7 Å². The predicted octanol–water partition coefficient (Wildman–Crippen LogP) is 11.1. The normalized spacial score (nSPS) is 11.3. The molecule has 0 bridgehead atoms. The van der Waals surface area contributed by atoms with Gasteiger partial charge in [0.2, 0.25) is 10.6 Å². The molecule has 0 amide bonds. The number of aromatic hydroxyl groups is 1. The van der Waals surface area contributed by atoms with Gasteiger partial charge < -0.3 is 33.4 Å². The van der Waals surface area contributed by atoms with Crippen molar-refractivity contribution in [2.24, 2.45) is 0 Å². The Hall–Kier alpha value is -5.12. The minimum absolute atomic E-state index is 0.0458. The van der Waals surface area contributed by atoms with E-state index in [2.05, 4.69) is 34.8 Å². The van der Waals surface area contributed by atoms with Gasteiger partial charge in [-0.3, -0.25) is 0 Å². The standard InChI is InChI=1S/C24H24Cl3N5O2.C19H13Cl3N4O2/c1-31(2)9-4-10-34-20-11-17(18(25)12-19(20)26)21-22-23(30-24(27)29-21)32(14-28-22)13-15-5-7-16(33-3)8-6-15;1-28-11-4-2-10(3-5-11)8-26-9-23-17-16(24-19(22)25-18(17)26)12-6-15(27)14(21)7-13(12)20/h5-8,11-12,14H,4,9-10,13H2,1-3H3;2-7,9,27H,8H2,1H3. The molecule has 0 aliphatic rings. The van der Waals surface area contributed by atoms with E-state index >= 15 is 0 Å². The van der Waals surface area contributed by atoms with Gasteiger partial charge in [-0.2, -0.15) is 9.97 Å². The van der Waals surface area contributed by atoms with Crippen molar-refractivity contribution < 1.29 is 19.3 Å². The van der Waals surface area contributed by atoms with Crippen LogP contribution >= 0.6 is 69.6 Å². The van der Waals surface area contributed by atoms with E-state index in [-0.39, 0.29) is 21.3 Å². The third kappa shape index (κ3) is 10.4. The zero-order valence-corrected chi connectivity index (χ0v) is 38.1. The molecule has 0 aliphatic heterocycles. The van der Waals surface area contributed by atoms with Crippen LogP contribution in [0, 0.1) is 0 Å². The van der Waals surface area contributed by atoms with Crippen molar-refractivity contribution in [3.05, 3.63) is 127 Å². The number of hydrogen-bond donors (Lipinski definition) is 1. The maximum atomic E-state index is 9.97. The number of benzene rings is 4. The molecule has 1 N–H and O–H groups in total. The topological polar surface area (TPSA) is 138 Å². The lowest BCUT2D eigenvalue weighted by Crippen LogP contribution is -2.15. The lowest BCUT2D eigenvalue weighted by Gasteiger charge is -2.13. The number of methoxy groups -OCH3 is 2. The molecule has 0 saturated carbocycles. The Bertz CT molecular complexity index is 2860. The number of fused-ring (bicyclic) bond motifs is 2. The second-order valence-corrected chi connectivity index (χ2v) is 16.3. The first-order valence-electron chi connectivity index (χ1n) is 18.8. The molecule has 19 heteroatoms. The van der Waals surface area contributed by atoms with Crippen molar-refractivity contribution in [2.75, 3.05) is 41.5 Å². The summed E-state index contributed by atoms with van der Waals surface area (Å²) in [7, 11) is 7.30. The largest absolute Gasteiger partial charge is 0.506 e. The lowest BCUT2D eigenvalue weighted by molar-refractivity contribution is 0.282. The maximum Gasteiger partial charge on any atom is 0.225 e. The first-order valence-corrected chi connectivity index (χ1v) is 21.1. The number of nitrogens with zero attached hydrogens (tertiary/aromatic N) is 9. The Kier molecular flexibility index (Phi) is 14.4. The van der Waals surface area contributed by atoms with Gasteiger partial charge in [0, 0.05) is 17.7 Å². The summed E-state index contributed by atoms with van der Waals surface area (Å²) in [5.74, 6) is 2.00. The van der Waals surface area contributed by atoms with Crippen LogP contribution in [0.5, 0.6) is 23.0 Å². The number of rotatable bonds is 13. The van der Waals surface area contributed by atoms with Crippen molar-refractivity contribution in [1.29, 1.82) is 0 Å². The van der Waals surface area contributed by atoms with Crippen LogP contribution < -0.4 is 14.2 Å². The molecule has 4 heterocycles. The average molecular weight is 957 g/mol. The van der Waals surface area contributed by atoms with E-state index in [4.69, 9.17) is 83.8 Å². The Morgan fingerprint density at radius 1 is 0.597 bits per heavy atom. The molecule has 13 nitrogen and oxygen atoms in total. The second-order valence-electron chi connectivity index (χ2n) is 14.0. The molecular weight excluding hydrogens is 919 g/mol. The second kappa shape index (κ2) is 19.9. The third-order valence-electron chi connectivity index (χ3n) is 9.47. The molecule has 0 spiro atoms. The summed E-state index contributed by atoms with van der Waals surface area (Å²) in [6.45, 7) is 2.52. The van der Waals surface area contributed by atoms with Gasteiger partial charge in [-0.25, -0.2) is 19.9 Å². The maximum absolute atomic E-state index is 9.97. The molecule has 8 aromatic rings. The zero-order chi connectivity index (χ0) is 44.1. The molecular formula is C43H37Cl6N9O4. The molecule has 0 fully saturated rings. The highest BCUT2D eigenvalue weighted by molar-refractivity contribution is 6.38. The van der Waals surface area contributed by atoms with Crippen molar-refractivity contribution in [1.82, 2.24) is 43.9 Å². The molecule has 8 rings (SSSR count). The molecule has 62 heavy (non-hydrogen) atoms. The Morgan fingerprint density at radius 3 is 1.53 bits per heavy atom. The van der Waals surface area contributed by atoms with Gasteiger partial charge in [0.25, 0.3) is 0 Å². The lowest BCUT2D eigenvalue weighted by atomic mass is 10.1. The summed E-state index contributed by atoms with van der Waals surface area (Å²) in [6, 6.07) is 21.8. The first kappa shape index (κ1) is 44.9. The monoisotopic (exact) mass is 953 g/mol. The minimum atomic E-state index is -0.110. The SMILES string of the molecule is COc1ccc(Cn2cnc3c(-c4cc(O)c(Cl)cc4Cl)nc(Cl)nc32)cc1.COc1ccc(Cn2cnc3c(-c4cc(OCCCN(C)C)c(Cl)cc4Cl)nc(Cl)nc32)cc1. The van der Waals surface area contributed by atoms with Crippen LogP contribution in [0.2, 0.25) is 30.7 Å². The number of phenols is 1. The van der Waals surface area contributed by atoms with Gasteiger partial charge >= 0.3 is 0 Å². The highest BCUT2D eigenvalue weighted by Gasteiger charge is 2.21. The Morgan fingerprint density at radius 2 is 1.06 bits per heavy atom. The van der Waals surface area contributed by atoms with Gasteiger partial charge in [0.15, 0.2) is 11.3 Å². The smallest absolute Gasteiger partial charge is 0.225 e. The van der Waals surface area contributed by atoms with Gasteiger partial charge in [-0.15, -0.1) is 0 Å². The fourth-order valence-electron chi connectivity index (χ4n) is 6.40. The number of phenolic OH excluding ortho intramolecular Hbond substituents is 1. The van der Waals surface area contributed by atoms with E-state index < -0.39 is 0 Å². The van der Waals surface area contributed by atoms with Gasteiger partial charge in [-0.05, 0) is 103 Å². The van der Waals surface area contributed by atoms with Crippen LogP contribution in [0.15, 0.2) is 85.5 Å². The summed E-state index contributed by atoms with van der Waals surface area (Å²) in [6.07, 6.45) is 4.24. The highest BCUT2D eigenvalue weighted by Crippen LogP contribution is 2.40. The molecule has 4 aromatic heterocycles. The number of halogens is 6. The van der Waals surface area contributed by atoms with Crippen molar-refractivity contribution in [2.45, 2.75) is 19.5 Å². The Labute approximate surface area is 386 Å². The van der Waals surface area contributed by atoms with Crippen LogP contribution in [-0.4, -0.2) is 90.5 Å². The summed E-state index contributed by atoms with van der Waals surface area (Å²) < 4.78 is 20.1. The van der Waals surface area contributed by atoms with Gasteiger partial charge in [-0.1, -0.05) is 70.7 Å². The van der Waals surface area contributed by atoms with E-state index in [1.165, 1.54) is 12.1 Å².